The first-order chi connectivity index (χ1) is 15.4. The molecule has 0 saturated heterocycles. The number of imidazole rings is 1. The molecule has 0 radical (unpaired) electrons. The van der Waals surface area contributed by atoms with Crippen LogP contribution in [0.1, 0.15) is 43.1 Å². The average molecular weight is 455 g/mol. The molecule has 1 aliphatic carbocycles. The van der Waals surface area contributed by atoms with E-state index in [-0.39, 0.29) is 22.9 Å². The SMILES string of the molecule is CC1=NN(c2ccc(F)cc2Cl)C(=O)C12CCC(NC(=O)c1cnc3cccnn13)CC2. The van der Waals surface area contributed by atoms with Crippen molar-refractivity contribution in [1.82, 2.24) is 19.9 Å². The number of amides is 2. The molecule has 1 aromatic carbocycles. The molecule has 2 aliphatic rings. The molecule has 2 amide bonds. The van der Waals surface area contributed by atoms with Crippen molar-refractivity contribution < 1.29 is 14.0 Å². The van der Waals surface area contributed by atoms with Crippen LogP contribution >= 0.6 is 11.6 Å². The molecule has 0 atom stereocenters. The molecule has 32 heavy (non-hydrogen) atoms. The molecule has 1 N–H and O–H groups in total. The lowest BCUT2D eigenvalue weighted by atomic mass is 9.69. The summed E-state index contributed by atoms with van der Waals surface area (Å²) in [7, 11) is 0. The van der Waals surface area contributed by atoms with E-state index in [0.717, 1.165) is 0 Å². The number of benzene rings is 1. The van der Waals surface area contributed by atoms with Gasteiger partial charge in [0.15, 0.2) is 5.65 Å². The molecular formula is C22H20ClFN6O2. The molecule has 1 spiro atoms. The van der Waals surface area contributed by atoms with E-state index in [0.29, 0.717) is 48.4 Å². The minimum Gasteiger partial charge on any atom is -0.348 e. The number of rotatable bonds is 3. The molecule has 164 valence electrons. The van der Waals surface area contributed by atoms with Gasteiger partial charge in [0.2, 0.25) is 0 Å². The zero-order valence-corrected chi connectivity index (χ0v) is 18.0. The Kier molecular flexibility index (Phi) is 4.93. The number of nitrogens with one attached hydrogen (secondary N) is 1. The van der Waals surface area contributed by atoms with Crippen molar-refractivity contribution in [2.24, 2.45) is 10.5 Å². The van der Waals surface area contributed by atoms with Crippen LogP contribution in [-0.2, 0) is 4.79 Å². The number of hydrogen-bond acceptors (Lipinski definition) is 5. The Morgan fingerprint density at radius 1 is 1.28 bits per heavy atom. The zero-order valence-electron chi connectivity index (χ0n) is 17.3. The fourth-order valence-corrected chi connectivity index (χ4v) is 4.79. The van der Waals surface area contributed by atoms with Gasteiger partial charge in [-0.25, -0.2) is 13.9 Å². The van der Waals surface area contributed by atoms with Crippen LogP contribution < -0.4 is 10.3 Å². The highest BCUT2D eigenvalue weighted by atomic mass is 35.5. The lowest BCUT2D eigenvalue weighted by Crippen LogP contribution is -2.47. The highest BCUT2D eigenvalue weighted by Gasteiger charge is 2.51. The lowest BCUT2D eigenvalue weighted by Gasteiger charge is -2.36. The number of carbonyl (C=O) groups is 2. The summed E-state index contributed by atoms with van der Waals surface area (Å²) >= 11 is 6.16. The normalized spacial score (nSPS) is 23.1. The Labute approximate surface area is 188 Å². The first-order valence-electron chi connectivity index (χ1n) is 10.3. The van der Waals surface area contributed by atoms with Crippen molar-refractivity contribution in [3.05, 3.63) is 59.3 Å². The van der Waals surface area contributed by atoms with E-state index in [1.165, 1.54) is 33.9 Å². The molecule has 2 aromatic heterocycles. The second-order valence-corrected chi connectivity index (χ2v) is 8.57. The van der Waals surface area contributed by atoms with Crippen molar-refractivity contribution in [3.63, 3.8) is 0 Å². The molecule has 3 aromatic rings. The van der Waals surface area contributed by atoms with Crippen molar-refractivity contribution >= 4 is 40.5 Å². The van der Waals surface area contributed by atoms with Gasteiger partial charge in [0, 0.05) is 12.2 Å². The van der Waals surface area contributed by atoms with E-state index in [1.807, 2.05) is 6.92 Å². The fraction of sp³-hybridized carbons (Fsp3) is 0.318. The predicted octanol–water partition coefficient (Wildman–Crippen LogP) is 3.60. The topological polar surface area (TPSA) is 92.0 Å². The molecule has 3 heterocycles. The summed E-state index contributed by atoms with van der Waals surface area (Å²) < 4.78 is 14.9. The summed E-state index contributed by atoms with van der Waals surface area (Å²) in [5, 5.41) is 13.1. The highest BCUT2D eigenvalue weighted by Crippen LogP contribution is 2.45. The smallest absolute Gasteiger partial charge is 0.271 e. The Bertz CT molecular complexity index is 1260. The van der Waals surface area contributed by atoms with Gasteiger partial charge < -0.3 is 5.32 Å². The van der Waals surface area contributed by atoms with E-state index in [2.05, 4.69) is 20.5 Å². The second-order valence-electron chi connectivity index (χ2n) is 8.17. The van der Waals surface area contributed by atoms with Gasteiger partial charge in [-0.3, -0.25) is 9.59 Å². The van der Waals surface area contributed by atoms with Crippen LogP contribution in [0.15, 0.2) is 47.8 Å². The number of hydrazone groups is 1. The third kappa shape index (κ3) is 3.24. The first kappa shape index (κ1) is 20.6. The number of hydrogen-bond donors (Lipinski definition) is 1. The summed E-state index contributed by atoms with van der Waals surface area (Å²) in [6.07, 6.45) is 5.45. The number of nitrogens with zero attached hydrogens (tertiary/aromatic N) is 5. The van der Waals surface area contributed by atoms with Crippen LogP contribution in [0, 0.1) is 11.2 Å². The van der Waals surface area contributed by atoms with Gasteiger partial charge in [0.25, 0.3) is 11.8 Å². The molecule has 0 bridgehead atoms. The van der Waals surface area contributed by atoms with Crippen LogP contribution in [0.25, 0.3) is 5.65 Å². The van der Waals surface area contributed by atoms with Gasteiger partial charge in [-0.05, 0) is 62.9 Å². The third-order valence-corrected chi connectivity index (χ3v) is 6.67. The number of aromatic nitrogens is 3. The monoisotopic (exact) mass is 454 g/mol. The predicted molar refractivity (Wildman–Crippen MR) is 117 cm³/mol. The van der Waals surface area contributed by atoms with Gasteiger partial charge in [-0.1, -0.05) is 11.6 Å². The summed E-state index contributed by atoms with van der Waals surface area (Å²) in [5.41, 5.74) is 1.31. The van der Waals surface area contributed by atoms with Crippen LogP contribution in [0.3, 0.4) is 0 Å². The van der Waals surface area contributed by atoms with Gasteiger partial charge in [0.1, 0.15) is 11.5 Å². The van der Waals surface area contributed by atoms with Gasteiger partial charge in [0.05, 0.1) is 28.0 Å². The summed E-state index contributed by atoms with van der Waals surface area (Å²) in [6.45, 7) is 1.83. The minimum atomic E-state index is -0.732. The van der Waals surface area contributed by atoms with E-state index in [9.17, 15) is 14.0 Å². The van der Waals surface area contributed by atoms with Crippen LogP contribution in [0.4, 0.5) is 10.1 Å². The molecule has 0 unspecified atom stereocenters. The van der Waals surface area contributed by atoms with E-state index in [4.69, 9.17) is 11.6 Å². The van der Waals surface area contributed by atoms with Crippen molar-refractivity contribution in [3.8, 4) is 0 Å². The van der Waals surface area contributed by atoms with E-state index >= 15 is 0 Å². The number of fused-ring (bicyclic) bond motifs is 1. The van der Waals surface area contributed by atoms with E-state index < -0.39 is 11.2 Å². The maximum Gasteiger partial charge on any atom is 0.271 e. The Balaban J connectivity index is 1.29. The zero-order chi connectivity index (χ0) is 22.5. The van der Waals surface area contributed by atoms with Crippen LogP contribution in [0.2, 0.25) is 5.02 Å². The van der Waals surface area contributed by atoms with Crippen molar-refractivity contribution in [2.45, 2.75) is 38.6 Å². The molecule has 1 saturated carbocycles. The molecule has 1 aliphatic heterocycles. The number of anilines is 1. The largest absolute Gasteiger partial charge is 0.348 e. The quantitative estimate of drug-likeness (QED) is 0.654. The van der Waals surface area contributed by atoms with Crippen molar-refractivity contribution in [1.29, 1.82) is 0 Å². The summed E-state index contributed by atoms with van der Waals surface area (Å²) in [4.78, 5) is 30.3. The van der Waals surface area contributed by atoms with Gasteiger partial charge in [-0.15, -0.1) is 0 Å². The third-order valence-electron chi connectivity index (χ3n) is 6.37. The average Bonchev–Trinajstić information content (AvgIpc) is 3.31. The fourth-order valence-electron chi connectivity index (χ4n) is 4.54. The molecule has 1 fully saturated rings. The second kappa shape index (κ2) is 7.67. The Morgan fingerprint density at radius 3 is 2.81 bits per heavy atom. The highest BCUT2D eigenvalue weighted by molar-refractivity contribution is 6.34. The Morgan fingerprint density at radius 2 is 2.06 bits per heavy atom. The van der Waals surface area contributed by atoms with Crippen LogP contribution in [0.5, 0.6) is 0 Å². The standard InChI is InChI=1S/C22H20ClFN6O2/c1-13-22(21(32)30(28-13)17-5-4-14(24)11-16(17)23)8-6-15(7-9-22)27-20(31)18-12-25-19-3-2-10-26-29(18)19/h2-5,10-12,15H,6-9H2,1H3,(H,27,31). The Hall–Kier alpha value is -3.33. The number of halogens is 2. The lowest BCUT2D eigenvalue weighted by molar-refractivity contribution is -0.125. The number of carbonyl (C=O) groups excluding carboxylic acids is 2. The summed E-state index contributed by atoms with van der Waals surface area (Å²) in [6, 6.07) is 7.34. The first-order valence-corrected chi connectivity index (χ1v) is 10.7. The maximum atomic E-state index is 13.4. The van der Waals surface area contributed by atoms with Gasteiger partial charge in [-0.2, -0.15) is 15.2 Å². The maximum absolute atomic E-state index is 13.4. The summed E-state index contributed by atoms with van der Waals surface area (Å²) in [5.74, 6) is -0.891. The van der Waals surface area contributed by atoms with Gasteiger partial charge >= 0.3 is 0 Å². The molecule has 5 rings (SSSR count). The molecular weight excluding hydrogens is 435 g/mol. The van der Waals surface area contributed by atoms with E-state index in [1.54, 1.807) is 18.3 Å². The molecule has 10 heteroatoms. The molecule has 8 nitrogen and oxygen atoms in total. The van der Waals surface area contributed by atoms with Crippen molar-refractivity contribution in [2.75, 3.05) is 5.01 Å². The van der Waals surface area contributed by atoms with Crippen LogP contribution in [-0.4, -0.2) is 38.2 Å². The minimum absolute atomic E-state index is 0.0774.